The Hall–Kier alpha value is -1.18. The van der Waals surface area contributed by atoms with Crippen LogP contribution in [0, 0.1) is 0 Å². The summed E-state index contributed by atoms with van der Waals surface area (Å²) in [5.74, 6) is 0. The van der Waals surface area contributed by atoms with Crippen molar-refractivity contribution in [2.75, 3.05) is 13.2 Å². The minimum Gasteiger partial charge on any atom is -0.395 e. The van der Waals surface area contributed by atoms with E-state index in [0.717, 1.165) is 0 Å². The van der Waals surface area contributed by atoms with Crippen LogP contribution in [-0.4, -0.2) is 42.0 Å². The zero-order chi connectivity index (χ0) is 12.5. The molecule has 1 aliphatic rings. The van der Waals surface area contributed by atoms with Gasteiger partial charge in [0.2, 0.25) is 15.5 Å². The van der Waals surface area contributed by atoms with Gasteiger partial charge >= 0.3 is 0 Å². The first-order valence-electron chi connectivity index (χ1n) is 5.37. The van der Waals surface area contributed by atoms with Crippen LogP contribution in [0.2, 0.25) is 0 Å². The van der Waals surface area contributed by atoms with Crippen LogP contribution >= 0.6 is 0 Å². The fourth-order valence-electron chi connectivity index (χ4n) is 2.04. The molecule has 0 amide bonds. The topological polar surface area (TPSA) is 90.5 Å². The standard InChI is InChI=1S/C10H14N2O4S/c13-7-8-2-1-5-12(8)17(15,16)10-6-11-4-3-9(10)14/h3-4,6,8,13H,1-2,5,7H2,(H,11,14). The number of hydrogen-bond donors (Lipinski definition) is 2. The van der Waals surface area contributed by atoms with Gasteiger partial charge in [-0.2, -0.15) is 4.31 Å². The number of H-pyrrole nitrogens is 1. The van der Waals surface area contributed by atoms with Gasteiger partial charge in [-0.15, -0.1) is 0 Å². The Bertz CT molecular complexity index is 551. The van der Waals surface area contributed by atoms with Crippen molar-refractivity contribution in [3.05, 3.63) is 28.7 Å². The second-order valence-electron chi connectivity index (χ2n) is 3.97. The van der Waals surface area contributed by atoms with Crippen LogP contribution in [0.15, 0.2) is 28.2 Å². The molecule has 0 aliphatic carbocycles. The van der Waals surface area contributed by atoms with Crippen molar-refractivity contribution in [3.63, 3.8) is 0 Å². The molecule has 1 fully saturated rings. The number of nitrogens with zero attached hydrogens (tertiary/aromatic N) is 1. The van der Waals surface area contributed by atoms with Crippen LogP contribution in [0.25, 0.3) is 0 Å². The highest BCUT2D eigenvalue weighted by molar-refractivity contribution is 7.89. The summed E-state index contributed by atoms with van der Waals surface area (Å²) in [6, 6.07) is 0.760. The second-order valence-corrected chi connectivity index (χ2v) is 5.83. The highest BCUT2D eigenvalue weighted by atomic mass is 32.2. The minimum atomic E-state index is -3.80. The van der Waals surface area contributed by atoms with E-state index in [1.54, 1.807) is 0 Å². The third kappa shape index (κ3) is 2.13. The molecule has 1 unspecified atom stereocenters. The van der Waals surface area contributed by atoms with Gasteiger partial charge < -0.3 is 10.1 Å². The molecular formula is C10H14N2O4S. The van der Waals surface area contributed by atoms with Gasteiger partial charge in [0.25, 0.3) is 0 Å². The van der Waals surface area contributed by atoms with Crippen LogP contribution in [0.4, 0.5) is 0 Å². The van der Waals surface area contributed by atoms with E-state index >= 15 is 0 Å². The lowest BCUT2D eigenvalue weighted by atomic mass is 10.2. The van der Waals surface area contributed by atoms with E-state index in [4.69, 9.17) is 5.11 Å². The Balaban J connectivity index is 2.44. The first-order valence-corrected chi connectivity index (χ1v) is 6.81. The summed E-state index contributed by atoms with van der Waals surface area (Å²) in [7, 11) is -3.80. The molecule has 6 nitrogen and oxygen atoms in total. The number of aromatic nitrogens is 1. The number of aromatic amines is 1. The lowest BCUT2D eigenvalue weighted by Crippen LogP contribution is -2.39. The van der Waals surface area contributed by atoms with Gasteiger partial charge in [-0.25, -0.2) is 8.42 Å². The molecule has 2 N–H and O–H groups in total. The van der Waals surface area contributed by atoms with E-state index in [1.807, 2.05) is 0 Å². The van der Waals surface area contributed by atoms with E-state index in [-0.39, 0.29) is 11.5 Å². The number of aliphatic hydroxyl groups is 1. The Morgan fingerprint density at radius 2 is 2.29 bits per heavy atom. The first-order chi connectivity index (χ1) is 8.07. The highest BCUT2D eigenvalue weighted by Crippen LogP contribution is 2.23. The van der Waals surface area contributed by atoms with Crippen LogP contribution in [0.3, 0.4) is 0 Å². The summed E-state index contributed by atoms with van der Waals surface area (Å²) in [5.41, 5.74) is -0.535. The van der Waals surface area contributed by atoms with Crippen LogP contribution in [0.5, 0.6) is 0 Å². The molecule has 0 saturated carbocycles. The molecule has 2 rings (SSSR count). The molecule has 1 atom stereocenters. The highest BCUT2D eigenvalue weighted by Gasteiger charge is 2.35. The van der Waals surface area contributed by atoms with E-state index in [9.17, 15) is 13.2 Å². The van der Waals surface area contributed by atoms with Crippen molar-refractivity contribution < 1.29 is 13.5 Å². The van der Waals surface area contributed by atoms with Crippen molar-refractivity contribution in [1.29, 1.82) is 0 Å². The van der Waals surface area contributed by atoms with Crippen molar-refractivity contribution in [2.24, 2.45) is 0 Å². The second kappa shape index (κ2) is 4.59. The maximum atomic E-state index is 12.2. The monoisotopic (exact) mass is 258 g/mol. The normalized spacial score (nSPS) is 21.8. The SMILES string of the molecule is O=c1cc[nH]cc1S(=O)(=O)N1CCCC1CO. The molecule has 1 saturated heterocycles. The zero-order valence-electron chi connectivity index (χ0n) is 9.17. The Morgan fingerprint density at radius 1 is 1.53 bits per heavy atom. The van der Waals surface area contributed by atoms with E-state index in [0.29, 0.717) is 19.4 Å². The van der Waals surface area contributed by atoms with Gasteiger partial charge in [0.15, 0.2) is 0 Å². The molecule has 1 aliphatic heterocycles. The summed E-state index contributed by atoms with van der Waals surface area (Å²) in [6.45, 7) is 0.131. The Kier molecular flexibility index (Phi) is 3.32. The zero-order valence-corrected chi connectivity index (χ0v) is 9.98. The predicted octanol–water partition coefficient (Wildman–Crippen LogP) is -0.480. The van der Waals surface area contributed by atoms with Crippen molar-refractivity contribution >= 4 is 10.0 Å². The molecule has 1 aromatic rings. The molecule has 1 aromatic heterocycles. The van der Waals surface area contributed by atoms with Gasteiger partial charge in [-0.3, -0.25) is 4.79 Å². The van der Waals surface area contributed by atoms with E-state index in [2.05, 4.69) is 4.98 Å². The van der Waals surface area contributed by atoms with Gasteiger partial charge in [0, 0.05) is 31.0 Å². The molecule has 0 aromatic carbocycles. The summed E-state index contributed by atoms with van der Waals surface area (Å²) in [5, 5.41) is 9.12. The lowest BCUT2D eigenvalue weighted by Gasteiger charge is -2.21. The van der Waals surface area contributed by atoms with Crippen molar-refractivity contribution in [1.82, 2.24) is 9.29 Å². The molecule has 94 valence electrons. The maximum absolute atomic E-state index is 12.2. The summed E-state index contributed by atoms with van der Waals surface area (Å²) >= 11 is 0. The van der Waals surface area contributed by atoms with E-state index < -0.39 is 21.5 Å². The quantitative estimate of drug-likeness (QED) is 0.766. The van der Waals surface area contributed by atoms with Crippen LogP contribution in [0.1, 0.15) is 12.8 Å². The van der Waals surface area contributed by atoms with Gasteiger partial charge in [0.05, 0.1) is 6.61 Å². The summed E-state index contributed by atoms with van der Waals surface area (Å²) in [4.78, 5) is 13.9. The molecule has 17 heavy (non-hydrogen) atoms. The van der Waals surface area contributed by atoms with Crippen LogP contribution < -0.4 is 5.43 Å². The number of pyridine rings is 1. The van der Waals surface area contributed by atoms with Crippen LogP contribution in [-0.2, 0) is 10.0 Å². The summed E-state index contributed by atoms with van der Waals surface area (Å²) in [6.07, 6.45) is 3.90. The number of aliphatic hydroxyl groups excluding tert-OH is 1. The Morgan fingerprint density at radius 3 is 2.94 bits per heavy atom. The third-order valence-electron chi connectivity index (χ3n) is 2.91. The predicted molar refractivity (Wildman–Crippen MR) is 61.1 cm³/mol. The molecule has 2 heterocycles. The fraction of sp³-hybridized carbons (Fsp3) is 0.500. The minimum absolute atomic E-state index is 0.218. The van der Waals surface area contributed by atoms with Gasteiger partial charge in [0.1, 0.15) is 4.90 Å². The molecule has 0 spiro atoms. The molecule has 7 heteroatoms. The lowest BCUT2D eigenvalue weighted by molar-refractivity contribution is 0.213. The van der Waals surface area contributed by atoms with E-state index in [1.165, 1.54) is 22.8 Å². The molecule has 0 radical (unpaired) electrons. The molecule has 0 bridgehead atoms. The van der Waals surface area contributed by atoms with Crippen molar-refractivity contribution in [2.45, 2.75) is 23.8 Å². The van der Waals surface area contributed by atoms with Crippen molar-refractivity contribution in [3.8, 4) is 0 Å². The average Bonchev–Trinajstić information content (AvgIpc) is 2.78. The first kappa shape index (κ1) is 12.3. The maximum Gasteiger partial charge on any atom is 0.248 e. The number of nitrogens with one attached hydrogen (secondary N) is 1. The van der Waals surface area contributed by atoms with Gasteiger partial charge in [-0.05, 0) is 12.8 Å². The molecular weight excluding hydrogens is 244 g/mol. The third-order valence-corrected chi connectivity index (χ3v) is 4.88. The largest absolute Gasteiger partial charge is 0.395 e. The van der Waals surface area contributed by atoms with Gasteiger partial charge in [-0.1, -0.05) is 0 Å². The average molecular weight is 258 g/mol. The Labute approximate surface area is 98.9 Å². The number of sulfonamides is 1. The number of hydrogen-bond acceptors (Lipinski definition) is 4. The number of rotatable bonds is 3. The summed E-state index contributed by atoms with van der Waals surface area (Å²) < 4.78 is 25.6. The fourth-order valence-corrected chi connectivity index (χ4v) is 3.76. The smallest absolute Gasteiger partial charge is 0.248 e.